The number of halogens is 1. The van der Waals surface area contributed by atoms with Gasteiger partial charge in [-0.2, -0.15) is 0 Å². The largest absolute Gasteiger partial charge is 0.444 e. The fourth-order valence-corrected chi connectivity index (χ4v) is 4.07. The van der Waals surface area contributed by atoms with Crippen LogP contribution in [0.4, 0.5) is 4.79 Å². The van der Waals surface area contributed by atoms with Crippen molar-refractivity contribution in [3.8, 4) is 0 Å². The minimum Gasteiger partial charge on any atom is -0.444 e. The summed E-state index contributed by atoms with van der Waals surface area (Å²) in [6.45, 7) is 6.58. The molecule has 120 valence electrons. The van der Waals surface area contributed by atoms with E-state index < -0.39 is 5.60 Å². The van der Waals surface area contributed by atoms with Crippen molar-refractivity contribution >= 4 is 22.0 Å². The molecule has 1 saturated heterocycles. The highest BCUT2D eigenvalue weighted by Crippen LogP contribution is 2.35. The van der Waals surface area contributed by atoms with Crippen molar-refractivity contribution in [2.75, 3.05) is 6.54 Å². The molecule has 2 aliphatic rings. The molecule has 4 heteroatoms. The van der Waals surface area contributed by atoms with E-state index in [0.717, 1.165) is 19.4 Å². The summed E-state index contributed by atoms with van der Waals surface area (Å²) in [5.74, 6) is 0. The van der Waals surface area contributed by atoms with Gasteiger partial charge >= 0.3 is 6.09 Å². The SMILES string of the molecule is CC(C)(C)OC(=O)N1CCCC1C(Br)=C1CCCCCC1. The van der Waals surface area contributed by atoms with E-state index in [-0.39, 0.29) is 12.1 Å². The molecule has 1 heterocycles. The maximum absolute atomic E-state index is 12.4. The summed E-state index contributed by atoms with van der Waals surface area (Å²) in [6.07, 6.45) is 9.53. The lowest BCUT2D eigenvalue weighted by Gasteiger charge is -2.29. The zero-order chi connectivity index (χ0) is 15.5. The Kier molecular flexibility index (Phi) is 5.75. The first-order valence-corrected chi connectivity index (χ1v) is 9.05. The summed E-state index contributed by atoms with van der Waals surface area (Å²) >= 11 is 3.82. The average molecular weight is 358 g/mol. The molecule has 0 aromatic heterocycles. The second-order valence-corrected chi connectivity index (χ2v) is 8.05. The molecule has 1 unspecified atom stereocenters. The van der Waals surface area contributed by atoms with Gasteiger partial charge in [-0.1, -0.05) is 34.3 Å². The lowest BCUT2D eigenvalue weighted by molar-refractivity contribution is 0.0253. The number of amides is 1. The third-order valence-corrected chi connectivity index (χ3v) is 5.31. The molecule has 0 spiro atoms. The number of hydrogen-bond donors (Lipinski definition) is 0. The summed E-state index contributed by atoms with van der Waals surface area (Å²) in [6, 6.07) is 0.188. The molecule has 0 aromatic carbocycles. The molecule has 0 aromatic rings. The highest BCUT2D eigenvalue weighted by atomic mass is 79.9. The van der Waals surface area contributed by atoms with Crippen LogP contribution in [0.15, 0.2) is 10.1 Å². The molecule has 1 atom stereocenters. The van der Waals surface area contributed by atoms with Gasteiger partial charge in [0.2, 0.25) is 0 Å². The molecular weight excluding hydrogens is 330 g/mol. The van der Waals surface area contributed by atoms with Gasteiger partial charge in [0.25, 0.3) is 0 Å². The topological polar surface area (TPSA) is 29.5 Å². The standard InChI is InChI=1S/C17H28BrNO2/c1-17(2,3)21-16(20)19-12-8-11-14(19)15(18)13-9-6-4-5-7-10-13/h14H,4-12H2,1-3H3. The van der Waals surface area contributed by atoms with Crippen LogP contribution in [0.5, 0.6) is 0 Å². The monoisotopic (exact) mass is 357 g/mol. The molecule has 1 aliphatic carbocycles. The van der Waals surface area contributed by atoms with Crippen LogP contribution in [-0.4, -0.2) is 29.2 Å². The van der Waals surface area contributed by atoms with Crippen LogP contribution in [0, 0.1) is 0 Å². The fraction of sp³-hybridized carbons (Fsp3) is 0.824. The van der Waals surface area contributed by atoms with E-state index in [4.69, 9.17) is 4.74 Å². The number of carbonyl (C=O) groups is 1. The first kappa shape index (κ1) is 16.9. The van der Waals surface area contributed by atoms with Gasteiger partial charge in [-0.25, -0.2) is 4.79 Å². The molecular formula is C17H28BrNO2. The maximum Gasteiger partial charge on any atom is 0.410 e. The minimum absolute atomic E-state index is 0.170. The quantitative estimate of drug-likeness (QED) is 0.588. The van der Waals surface area contributed by atoms with E-state index in [9.17, 15) is 4.79 Å². The minimum atomic E-state index is -0.424. The van der Waals surface area contributed by atoms with Gasteiger partial charge in [0.15, 0.2) is 0 Å². The number of hydrogen-bond acceptors (Lipinski definition) is 2. The van der Waals surface area contributed by atoms with Crippen LogP contribution in [0.1, 0.15) is 72.1 Å². The number of likely N-dealkylation sites (tertiary alicyclic amines) is 1. The number of rotatable bonds is 1. The highest BCUT2D eigenvalue weighted by Gasteiger charge is 2.34. The van der Waals surface area contributed by atoms with Crippen LogP contribution < -0.4 is 0 Å². The average Bonchev–Trinajstić information content (AvgIpc) is 2.71. The number of ether oxygens (including phenoxy) is 1. The van der Waals surface area contributed by atoms with E-state index in [1.54, 1.807) is 0 Å². The summed E-state index contributed by atoms with van der Waals surface area (Å²) in [7, 11) is 0. The smallest absolute Gasteiger partial charge is 0.410 e. The normalized spacial score (nSPS) is 23.9. The van der Waals surface area contributed by atoms with Crippen LogP contribution in [0.2, 0.25) is 0 Å². The van der Waals surface area contributed by atoms with Crippen LogP contribution in [0.25, 0.3) is 0 Å². The number of nitrogens with zero attached hydrogens (tertiary/aromatic N) is 1. The van der Waals surface area contributed by atoms with Crippen molar-refractivity contribution in [3.63, 3.8) is 0 Å². The predicted molar refractivity (Wildman–Crippen MR) is 89.6 cm³/mol. The Morgan fingerprint density at radius 1 is 1.14 bits per heavy atom. The van der Waals surface area contributed by atoms with Crippen molar-refractivity contribution in [1.82, 2.24) is 4.90 Å². The summed E-state index contributed by atoms with van der Waals surface area (Å²) < 4.78 is 6.81. The molecule has 0 bridgehead atoms. The van der Waals surface area contributed by atoms with Crippen molar-refractivity contribution in [2.45, 2.75) is 83.8 Å². The first-order valence-electron chi connectivity index (χ1n) is 8.25. The molecule has 1 amide bonds. The molecule has 1 saturated carbocycles. The summed E-state index contributed by atoms with van der Waals surface area (Å²) in [5.41, 5.74) is 1.10. The number of carbonyl (C=O) groups excluding carboxylic acids is 1. The van der Waals surface area contributed by atoms with Crippen LogP contribution in [-0.2, 0) is 4.74 Å². The van der Waals surface area contributed by atoms with E-state index >= 15 is 0 Å². The molecule has 3 nitrogen and oxygen atoms in total. The zero-order valence-electron chi connectivity index (χ0n) is 13.6. The van der Waals surface area contributed by atoms with Gasteiger partial charge in [-0.05, 0) is 59.3 Å². The molecule has 0 N–H and O–H groups in total. The molecule has 21 heavy (non-hydrogen) atoms. The van der Waals surface area contributed by atoms with Gasteiger partial charge in [-0.3, -0.25) is 0 Å². The third-order valence-electron chi connectivity index (χ3n) is 4.22. The lowest BCUT2D eigenvalue weighted by atomic mass is 10.0. The molecule has 2 rings (SSSR count). The van der Waals surface area contributed by atoms with Gasteiger partial charge in [-0.15, -0.1) is 0 Å². The second kappa shape index (κ2) is 7.17. The first-order chi connectivity index (χ1) is 9.88. The highest BCUT2D eigenvalue weighted by molar-refractivity contribution is 9.11. The Balaban J connectivity index is 2.10. The van der Waals surface area contributed by atoms with Gasteiger partial charge in [0.05, 0.1) is 6.04 Å². The van der Waals surface area contributed by atoms with Gasteiger partial charge in [0.1, 0.15) is 5.60 Å². The molecule has 1 aliphatic heterocycles. The van der Waals surface area contributed by atoms with Gasteiger partial charge in [0, 0.05) is 11.0 Å². The van der Waals surface area contributed by atoms with Crippen LogP contribution >= 0.6 is 15.9 Å². The Labute approximate surface area is 137 Å². The Morgan fingerprint density at radius 2 is 1.76 bits per heavy atom. The summed E-state index contributed by atoms with van der Waals surface area (Å²) in [5, 5.41) is 0. The van der Waals surface area contributed by atoms with Gasteiger partial charge < -0.3 is 9.64 Å². The Hall–Kier alpha value is -0.510. The van der Waals surface area contributed by atoms with E-state index in [1.165, 1.54) is 48.6 Å². The van der Waals surface area contributed by atoms with Crippen molar-refractivity contribution in [3.05, 3.63) is 10.1 Å². The molecule has 2 fully saturated rings. The molecule has 0 radical (unpaired) electrons. The van der Waals surface area contributed by atoms with Crippen molar-refractivity contribution in [1.29, 1.82) is 0 Å². The Bertz CT molecular complexity index is 402. The number of allylic oxidation sites excluding steroid dienone is 1. The third kappa shape index (κ3) is 4.73. The lowest BCUT2D eigenvalue weighted by Crippen LogP contribution is -2.40. The second-order valence-electron chi connectivity index (χ2n) is 7.20. The van der Waals surface area contributed by atoms with E-state index in [1.807, 2.05) is 25.7 Å². The van der Waals surface area contributed by atoms with Crippen molar-refractivity contribution in [2.24, 2.45) is 0 Å². The zero-order valence-corrected chi connectivity index (χ0v) is 15.2. The maximum atomic E-state index is 12.4. The fourth-order valence-electron chi connectivity index (χ4n) is 3.20. The summed E-state index contributed by atoms with van der Waals surface area (Å²) in [4.78, 5) is 14.3. The predicted octanol–water partition coefficient (Wildman–Crippen LogP) is 5.39. The van der Waals surface area contributed by atoms with Crippen LogP contribution in [0.3, 0.4) is 0 Å². The Morgan fingerprint density at radius 3 is 2.33 bits per heavy atom. The van der Waals surface area contributed by atoms with E-state index in [2.05, 4.69) is 15.9 Å². The van der Waals surface area contributed by atoms with E-state index in [0.29, 0.717) is 0 Å². The van der Waals surface area contributed by atoms with Crippen molar-refractivity contribution < 1.29 is 9.53 Å².